The van der Waals surface area contributed by atoms with Gasteiger partial charge in [0.2, 0.25) is 0 Å². The van der Waals surface area contributed by atoms with Crippen LogP contribution in [-0.4, -0.2) is 26.8 Å². The zero-order valence-electron chi connectivity index (χ0n) is 13.7. The Morgan fingerprint density at radius 1 is 1.33 bits per heavy atom. The molecule has 0 fully saturated rings. The van der Waals surface area contributed by atoms with E-state index in [2.05, 4.69) is 38.1 Å². The Hall–Kier alpha value is -1.62. The van der Waals surface area contributed by atoms with Crippen LogP contribution >= 0.6 is 0 Å². The molecule has 0 bridgehead atoms. The maximum atomic E-state index is 12.6. The van der Waals surface area contributed by atoms with Gasteiger partial charge in [0, 0.05) is 25.0 Å². The van der Waals surface area contributed by atoms with E-state index in [9.17, 15) is 4.79 Å². The normalized spacial score (nSPS) is 13.8. The predicted molar refractivity (Wildman–Crippen MR) is 85.7 cm³/mol. The second-order valence-electron chi connectivity index (χ2n) is 6.74. The molecule has 5 heteroatoms. The van der Waals surface area contributed by atoms with Crippen molar-refractivity contribution in [2.75, 3.05) is 6.54 Å². The predicted octanol–water partition coefficient (Wildman–Crippen LogP) is 2.22. The molecular weight excluding hydrogens is 264 g/mol. The average Bonchev–Trinajstić information content (AvgIpc) is 2.77. The molecule has 2 heterocycles. The van der Waals surface area contributed by atoms with Crippen molar-refractivity contribution >= 4 is 5.52 Å². The molecule has 5 nitrogen and oxygen atoms in total. The highest BCUT2D eigenvalue weighted by Gasteiger charge is 2.24. The Morgan fingerprint density at radius 3 is 2.67 bits per heavy atom. The first kappa shape index (κ1) is 15.8. The van der Waals surface area contributed by atoms with Gasteiger partial charge in [-0.15, -0.1) is 0 Å². The van der Waals surface area contributed by atoms with E-state index in [1.807, 2.05) is 25.4 Å². The lowest BCUT2D eigenvalue weighted by Crippen LogP contribution is -2.45. The summed E-state index contributed by atoms with van der Waals surface area (Å²) < 4.78 is 3.44. The number of hydrogen-bond acceptors (Lipinski definition) is 3. The molecule has 2 aromatic rings. The molecular formula is C16H26N4O. The van der Waals surface area contributed by atoms with E-state index in [0.29, 0.717) is 12.1 Å². The van der Waals surface area contributed by atoms with Crippen LogP contribution in [0.1, 0.15) is 39.8 Å². The van der Waals surface area contributed by atoms with Crippen molar-refractivity contribution < 1.29 is 0 Å². The topological polar surface area (TPSA) is 51.3 Å². The SMILES string of the molecule is CCCNC(Cn1ccn2nc(C)cc2c1=O)C(C)(C)C. The quantitative estimate of drug-likeness (QED) is 0.918. The van der Waals surface area contributed by atoms with E-state index in [4.69, 9.17) is 0 Å². The highest BCUT2D eigenvalue weighted by molar-refractivity contribution is 5.44. The molecule has 0 aliphatic heterocycles. The van der Waals surface area contributed by atoms with Crippen LogP contribution in [-0.2, 0) is 6.54 Å². The molecule has 0 spiro atoms. The van der Waals surface area contributed by atoms with Crippen molar-refractivity contribution in [3.8, 4) is 0 Å². The van der Waals surface area contributed by atoms with Gasteiger partial charge in [0.25, 0.3) is 5.56 Å². The first-order chi connectivity index (χ1) is 9.82. The molecule has 2 rings (SSSR count). The van der Waals surface area contributed by atoms with Crippen LogP contribution in [0.5, 0.6) is 0 Å². The molecule has 2 aromatic heterocycles. The van der Waals surface area contributed by atoms with Crippen molar-refractivity contribution in [3.63, 3.8) is 0 Å². The van der Waals surface area contributed by atoms with Gasteiger partial charge in [0.15, 0.2) is 0 Å². The summed E-state index contributed by atoms with van der Waals surface area (Å²) in [7, 11) is 0. The van der Waals surface area contributed by atoms with Crippen molar-refractivity contribution in [2.24, 2.45) is 5.41 Å². The van der Waals surface area contributed by atoms with Gasteiger partial charge in [-0.05, 0) is 31.4 Å². The van der Waals surface area contributed by atoms with Crippen LogP contribution in [0.15, 0.2) is 23.3 Å². The summed E-state index contributed by atoms with van der Waals surface area (Å²) in [6.45, 7) is 12.3. The molecule has 0 aromatic carbocycles. The lowest BCUT2D eigenvalue weighted by atomic mass is 9.86. The van der Waals surface area contributed by atoms with Gasteiger partial charge in [0.1, 0.15) is 5.52 Å². The number of aromatic nitrogens is 3. The van der Waals surface area contributed by atoms with Crippen molar-refractivity contribution in [3.05, 3.63) is 34.5 Å². The molecule has 0 saturated carbocycles. The second kappa shape index (κ2) is 6.02. The van der Waals surface area contributed by atoms with E-state index in [-0.39, 0.29) is 17.0 Å². The van der Waals surface area contributed by atoms with E-state index in [1.54, 1.807) is 9.08 Å². The van der Waals surface area contributed by atoms with Crippen LogP contribution in [0.3, 0.4) is 0 Å². The Kier molecular flexibility index (Phi) is 4.52. The van der Waals surface area contributed by atoms with E-state index in [1.165, 1.54) is 0 Å². The molecule has 116 valence electrons. The molecule has 1 unspecified atom stereocenters. The summed E-state index contributed by atoms with van der Waals surface area (Å²) in [6, 6.07) is 2.09. The monoisotopic (exact) mass is 290 g/mol. The van der Waals surface area contributed by atoms with Crippen LogP contribution in [0.4, 0.5) is 0 Å². The highest BCUT2D eigenvalue weighted by atomic mass is 16.1. The Labute approximate surface area is 126 Å². The number of fused-ring (bicyclic) bond motifs is 1. The fourth-order valence-electron chi connectivity index (χ4n) is 2.45. The van der Waals surface area contributed by atoms with Crippen molar-refractivity contribution in [1.82, 2.24) is 19.5 Å². The number of nitrogens with one attached hydrogen (secondary N) is 1. The molecule has 0 aliphatic carbocycles. The van der Waals surface area contributed by atoms with E-state index >= 15 is 0 Å². The minimum Gasteiger partial charge on any atom is -0.312 e. The largest absolute Gasteiger partial charge is 0.312 e. The van der Waals surface area contributed by atoms with Gasteiger partial charge in [-0.1, -0.05) is 27.7 Å². The summed E-state index contributed by atoms with van der Waals surface area (Å²) in [4.78, 5) is 12.6. The summed E-state index contributed by atoms with van der Waals surface area (Å²) in [5, 5.41) is 7.84. The fraction of sp³-hybridized carbons (Fsp3) is 0.625. The van der Waals surface area contributed by atoms with Gasteiger partial charge in [-0.25, -0.2) is 4.52 Å². The standard InChI is InChI=1S/C16H26N4O/c1-6-7-17-14(16(3,4)5)11-19-8-9-20-13(15(19)21)10-12(2)18-20/h8-10,14,17H,6-7,11H2,1-5H3. The average molecular weight is 290 g/mol. The zero-order chi connectivity index (χ0) is 15.6. The third-order valence-electron chi connectivity index (χ3n) is 3.79. The van der Waals surface area contributed by atoms with Gasteiger partial charge in [-0.3, -0.25) is 4.79 Å². The number of hydrogen-bond donors (Lipinski definition) is 1. The minimum absolute atomic E-state index is 0.0191. The van der Waals surface area contributed by atoms with Crippen LogP contribution < -0.4 is 10.9 Å². The number of rotatable bonds is 5. The lowest BCUT2D eigenvalue weighted by Gasteiger charge is -2.32. The summed E-state index contributed by atoms with van der Waals surface area (Å²) in [6.07, 6.45) is 4.76. The lowest BCUT2D eigenvalue weighted by molar-refractivity contribution is 0.240. The van der Waals surface area contributed by atoms with Crippen molar-refractivity contribution in [1.29, 1.82) is 0 Å². The van der Waals surface area contributed by atoms with Crippen LogP contribution in [0, 0.1) is 12.3 Å². The first-order valence-electron chi connectivity index (χ1n) is 7.61. The van der Waals surface area contributed by atoms with Gasteiger partial charge in [0.05, 0.1) is 5.69 Å². The number of aryl methyl sites for hydroxylation is 1. The Bertz CT molecular complexity index is 663. The molecule has 0 amide bonds. The summed E-state index contributed by atoms with van der Waals surface area (Å²) in [5.41, 5.74) is 1.61. The smallest absolute Gasteiger partial charge is 0.276 e. The fourth-order valence-corrected chi connectivity index (χ4v) is 2.45. The van der Waals surface area contributed by atoms with E-state index in [0.717, 1.165) is 18.7 Å². The second-order valence-corrected chi connectivity index (χ2v) is 6.74. The highest BCUT2D eigenvalue weighted by Crippen LogP contribution is 2.20. The third kappa shape index (κ3) is 3.53. The maximum absolute atomic E-state index is 12.6. The van der Waals surface area contributed by atoms with E-state index < -0.39 is 0 Å². The molecule has 0 radical (unpaired) electrons. The summed E-state index contributed by atoms with van der Waals surface area (Å²) >= 11 is 0. The molecule has 0 aliphatic rings. The third-order valence-corrected chi connectivity index (χ3v) is 3.79. The van der Waals surface area contributed by atoms with Gasteiger partial charge in [-0.2, -0.15) is 5.10 Å². The molecule has 1 N–H and O–H groups in total. The Balaban J connectivity index is 2.32. The number of nitrogens with zero attached hydrogens (tertiary/aromatic N) is 3. The van der Waals surface area contributed by atoms with Gasteiger partial charge >= 0.3 is 0 Å². The van der Waals surface area contributed by atoms with Gasteiger partial charge < -0.3 is 9.88 Å². The zero-order valence-corrected chi connectivity index (χ0v) is 13.7. The Morgan fingerprint density at radius 2 is 2.05 bits per heavy atom. The molecule has 1 atom stereocenters. The molecule has 21 heavy (non-hydrogen) atoms. The summed E-state index contributed by atoms with van der Waals surface area (Å²) in [5.74, 6) is 0. The minimum atomic E-state index is 0.0191. The van der Waals surface area contributed by atoms with Crippen molar-refractivity contribution in [2.45, 2.75) is 53.6 Å². The maximum Gasteiger partial charge on any atom is 0.276 e. The molecule has 0 saturated heterocycles. The first-order valence-corrected chi connectivity index (χ1v) is 7.61. The van der Waals surface area contributed by atoms with Crippen LogP contribution in [0.25, 0.3) is 5.52 Å². The van der Waals surface area contributed by atoms with Crippen LogP contribution in [0.2, 0.25) is 0 Å².